The van der Waals surface area contributed by atoms with E-state index in [9.17, 15) is 33.9 Å². The summed E-state index contributed by atoms with van der Waals surface area (Å²) in [7, 11) is 0. The number of benzene rings is 2. The molecule has 2 aliphatic rings. The number of ether oxygens (including phenoxy) is 4. The molecule has 2 aromatic carbocycles. The fraction of sp³-hybridized carbons (Fsp3) is 0.609. The van der Waals surface area contributed by atoms with E-state index in [0.717, 1.165) is 22.3 Å². The second-order valence-electron chi connectivity index (χ2n) is 18.9. The van der Waals surface area contributed by atoms with Crippen LogP contribution in [0.25, 0.3) is 11.1 Å². The fourth-order valence-corrected chi connectivity index (χ4v) is 7.14. The predicted molar refractivity (Wildman–Crippen MR) is 236 cm³/mol. The number of carbonyl (C=O) groups excluding carboxylic acids is 5. The van der Waals surface area contributed by atoms with Crippen molar-refractivity contribution in [2.45, 2.75) is 110 Å². The number of fused-ring (bicyclic) bond motifs is 3. The molecule has 0 aromatic heterocycles. The molecule has 1 fully saturated rings. The van der Waals surface area contributed by atoms with Gasteiger partial charge in [-0.15, -0.1) is 0 Å². The van der Waals surface area contributed by atoms with E-state index in [2.05, 4.69) is 10.6 Å². The molecule has 1 saturated heterocycles. The monoisotopic (exact) mass is 880 g/mol. The van der Waals surface area contributed by atoms with Gasteiger partial charge in [0.05, 0.1) is 6.54 Å². The molecule has 1 atom stereocenters. The number of carbonyl (C=O) groups is 6. The van der Waals surface area contributed by atoms with Crippen LogP contribution in [0, 0.1) is 0 Å². The number of aliphatic carboxylic acids is 1. The normalized spacial score (nSPS) is 16.0. The van der Waals surface area contributed by atoms with Crippen LogP contribution in [0.5, 0.6) is 0 Å². The quantitative estimate of drug-likeness (QED) is 0.169. The van der Waals surface area contributed by atoms with Crippen LogP contribution in [0.1, 0.15) is 98.6 Å². The van der Waals surface area contributed by atoms with Crippen LogP contribution in [-0.2, 0) is 28.5 Å². The zero-order valence-corrected chi connectivity index (χ0v) is 38.5. The predicted octanol–water partition coefficient (Wildman–Crippen LogP) is 6.29. The average Bonchev–Trinajstić information content (AvgIpc) is 3.48. The molecule has 1 aliphatic carbocycles. The van der Waals surface area contributed by atoms with Crippen molar-refractivity contribution in [3.8, 4) is 11.1 Å². The molecule has 0 spiro atoms. The molecule has 17 heteroatoms. The molecule has 0 unspecified atom stereocenters. The minimum atomic E-state index is -1.19. The van der Waals surface area contributed by atoms with Gasteiger partial charge in [-0.25, -0.2) is 24.0 Å². The zero-order chi connectivity index (χ0) is 46.5. The molecule has 63 heavy (non-hydrogen) atoms. The van der Waals surface area contributed by atoms with Gasteiger partial charge in [-0.1, -0.05) is 48.5 Å². The van der Waals surface area contributed by atoms with E-state index in [0.29, 0.717) is 12.8 Å². The molecule has 17 nitrogen and oxygen atoms in total. The van der Waals surface area contributed by atoms with Crippen molar-refractivity contribution >= 4 is 36.2 Å². The lowest BCUT2D eigenvalue weighted by Gasteiger charge is -2.35. The second kappa shape index (κ2) is 22.2. The third-order valence-electron chi connectivity index (χ3n) is 10.1. The highest BCUT2D eigenvalue weighted by Gasteiger charge is 2.32. The largest absolute Gasteiger partial charge is 0.480 e. The SMILES string of the molecule is CC(C)(C)OC(=O)N1CCN(CC(=O)NCCCC[C@H](NC(=O)OCC2c3ccccc3-c3ccccc32)C(=O)O)CCN(C(=O)OC(C)(C)C)CCN(C(=O)OC(C)(C)C)CC1. The van der Waals surface area contributed by atoms with Crippen LogP contribution in [0.15, 0.2) is 48.5 Å². The van der Waals surface area contributed by atoms with Crippen LogP contribution in [0.2, 0.25) is 0 Å². The van der Waals surface area contributed by atoms with Gasteiger partial charge in [-0.2, -0.15) is 0 Å². The third-order valence-corrected chi connectivity index (χ3v) is 10.1. The van der Waals surface area contributed by atoms with Crippen molar-refractivity contribution in [3.05, 3.63) is 59.7 Å². The first kappa shape index (κ1) is 50.1. The molecule has 2 aromatic rings. The number of nitrogens with one attached hydrogen (secondary N) is 2. The summed E-state index contributed by atoms with van der Waals surface area (Å²) in [6, 6.07) is 14.7. The molecule has 3 N–H and O–H groups in total. The summed E-state index contributed by atoms with van der Waals surface area (Å²) in [4.78, 5) is 84.6. The van der Waals surface area contributed by atoms with Crippen molar-refractivity contribution in [2.24, 2.45) is 0 Å². The molecule has 1 aliphatic heterocycles. The van der Waals surface area contributed by atoms with Crippen LogP contribution >= 0.6 is 0 Å². The number of carboxylic acid groups (broad SMARTS) is 1. The standard InChI is InChI=1S/C46H68N6O11/c1-44(2,3)61-41(57)50-24-22-49(23-25-51(42(58)62-45(4,5)6)27-29-52(28-26-50)43(59)63-46(7,8)9)30-38(53)47-21-15-14-20-37(39(54)55)48-40(56)60-31-36-34-18-12-10-16-32(34)33-17-11-13-19-35(33)36/h10-13,16-19,36-37H,14-15,20-31H2,1-9H3,(H,47,53)(H,48,56)(H,54,55)/t37-/m0/s1. The molecule has 348 valence electrons. The van der Waals surface area contributed by atoms with E-state index in [1.54, 1.807) is 62.3 Å². The highest BCUT2D eigenvalue weighted by Crippen LogP contribution is 2.44. The van der Waals surface area contributed by atoms with Gasteiger partial charge in [0, 0.05) is 64.8 Å². The lowest BCUT2D eigenvalue weighted by atomic mass is 9.98. The number of rotatable bonds is 11. The Kier molecular flexibility index (Phi) is 17.6. The maximum absolute atomic E-state index is 13.4. The van der Waals surface area contributed by atoms with E-state index < -0.39 is 53.2 Å². The van der Waals surface area contributed by atoms with E-state index in [1.807, 2.05) is 53.4 Å². The summed E-state index contributed by atoms with van der Waals surface area (Å²) < 4.78 is 22.6. The molecular formula is C46H68N6O11. The topological polar surface area (TPSA) is 197 Å². The van der Waals surface area contributed by atoms with Crippen LogP contribution < -0.4 is 10.6 Å². The summed E-state index contributed by atoms with van der Waals surface area (Å²) in [6.45, 7) is 17.3. The van der Waals surface area contributed by atoms with Gasteiger partial charge in [0.2, 0.25) is 5.91 Å². The van der Waals surface area contributed by atoms with E-state index in [4.69, 9.17) is 18.9 Å². The van der Waals surface area contributed by atoms with Crippen molar-refractivity contribution in [3.63, 3.8) is 0 Å². The van der Waals surface area contributed by atoms with Gasteiger partial charge in [0.25, 0.3) is 0 Å². The lowest BCUT2D eigenvalue weighted by molar-refractivity contribution is -0.139. The van der Waals surface area contributed by atoms with Gasteiger partial charge < -0.3 is 49.4 Å². The van der Waals surface area contributed by atoms with Gasteiger partial charge in [0.1, 0.15) is 29.5 Å². The second-order valence-corrected chi connectivity index (χ2v) is 18.9. The summed E-state index contributed by atoms with van der Waals surface area (Å²) in [5, 5.41) is 15.2. The molecule has 1 heterocycles. The molecule has 0 saturated carbocycles. The van der Waals surface area contributed by atoms with Gasteiger partial charge in [0.15, 0.2) is 0 Å². The summed E-state index contributed by atoms with van der Waals surface area (Å²) in [5.41, 5.74) is 1.93. The molecular weight excluding hydrogens is 813 g/mol. The first-order valence-corrected chi connectivity index (χ1v) is 21.8. The number of amides is 5. The first-order chi connectivity index (χ1) is 29.5. The first-order valence-electron chi connectivity index (χ1n) is 21.8. The van der Waals surface area contributed by atoms with E-state index in [1.165, 1.54) is 14.7 Å². The van der Waals surface area contributed by atoms with E-state index >= 15 is 0 Å². The number of unbranched alkanes of at least 4 members (excludes halogenated alkanes) is 1. The van der Waals surface area contributed by atoms with Gasteiger partial charge >= 0.3 is 30.3 Å². The molecule has 0 radical (unpaired) electrons. The van der Waals surface area contributed by atoms with Crippen LogP contribution in [-0.4, -0.2) is 156 Å². The number of hydrogen-bond acceptors (Lipinski definition) is 11. The Labute approximate surface area is 371 Å². The zero-order valence-electron chi connectivity index (χ0n) is 38.5. The van der Waals surface area contributed by atoms with E-state index in [-0.39, 0.29) is 90.3 Å². The number of alkyl carbamates (subject to hydrolysis) is 1. The average molecular weight is 881 g/mol. The Balaban J connectivity index is 1.33. The minimum absolute atomic E-state index is 0.0556. The van der Waals surface area contributed by atoms with Crippen LogP contribution in [0.3, 0.4) is 0 Å². The Morgan fingerprint density at radius 1 is 0.635 bits per heavy atom. The van der Waals surface area contributed by atoms with Crippen molar-refractivity contribution < 1.29 is 52.8 Å². The van der Waals surface area contributed by atoms with Crippen molar-refractivity contribution in [1.29, 1.82) is 0 Å². The van der Waals surface area contributed by atoms with Crippen molar-refractivity contribution in [1.82, 2.24) is 30.2 Å². The van der Waals surface area contributed by atoms with Gasteiger partial charge in [-0.05, 0) is 104 Å². The highest BCUT2D eigenvalue weighted by atomic mass is 16.6. The minimum Gasteiger partial charge on any atom is -0.480 e. The molecule has 5 amide bonds. The Hall–Kier alpha value is -5.58. The Morgan fingerprint density at radius 2 is 1.05 bits per heavy atom. The number of hydrogen-bond donors (Lipinski definition) is 3. The molecule has 4 rings (SSSR count). The maximum Gasteiger partial charge on any atom is 0.410 e. The maximum atomic E-state index is 13.4. The fourth-order valence-electron chi connectivity index (χ4n) is 7.14. The molecule has 0 bridgehead atoms. The Morgan fingerprint density at radius 3 is 1.46 bits per heavy atom. The van der Waals surface area contributed by atoms with Crippen LogP contribution in [0.4, 0.5) is 19.2 Å². The smallest absolute Gasteiger partial charge is 0.410 e. The number of carboxylic acids is 1. The Bertz CT molecular complexity index is 1810. The van der Waals surface area contributed by atoms with Gasteiger partial charge in [-0.3, -0.25) is 9.69 Å². The number of nitrogens with zero attached hydrogens (tertiary/aromatic N) is 4. The lowest BCUT2D eigenvalue weighted by Crippen LogP contribution is -2.52. The van der Waals surface area contributed by atoms with Crippen molar-refractivity contribution in [2.75, 3.05) is 72.1 Å². The summed E-state index contributed by atoms with van der Waals surface area (Å²) >= 11 is 0. The third kappa shape index (κ3) is 16.6. The highest BCUT2D eigenvalue weighted by molar-refractivity contribution is 5.81. The summed E-state index contributed by atoms with van der Waals surface area (Å²) in [5.74, 6) is -1.67. The summed E-state index contributed by atoms with van der Waals surface area (Å²) in [6.07, 6.45) is -1.60.